The number of aryl methyl sites for hydroxylation is 2. The zero-order valence-corrected chi connectivity index (χ0v) is 16.1. The molecule has 2 aromatic rings. The Kier molecular flexibility index (Phi) is 6.27. The highest BCUT2D eigenvalue weighted by Gasteiger charge is 2.23. The minimum Gasteiger partial charge on any atom is -0.493 e. The van der Waals surface area contributed by atoms with Gasteiger partial charge >= 0.3 is 5.97 Å². The van der Waals surface area contributed by atoms with Crippen LogP contribution in [0.3, 0.4) is 0 Å². The van der Waals surface area contributed by atoms with E-state index in [1.807, 2.05) is 26.0 Å². The smallest absolute Gasteiger partial charge is 0.339 e. The number of hydrogen-bond donors (Lipinski definition) is 0. The molecule has 0 aliphatic heterocycles. The fraction of sp³-hybridized carbons (Fsp3) is 0.300. The SMILES string of the molecule is COc1cc(C(=O)O[C@H](C)C(=O)c2cc(C)ccc2C)cc(Cl)c1OC. The molecule has 0 heterocycles. The topological polar surface area (TPSA) is 61.8 Å². The van der Waals surface area contributed by atoms with Crippen LogP contribution >= 0.6 is 11.6 Å². The van der Waals surface area contributed by atoms with Crippen molar-refractivity contribution in [3.63, 3.8) is 0 Å². The van der Waals surface area contributed by atoms with Crippen LogP contribution in [0.2, 0.25) is 5.02 Å². The molecule has 0 spiro atoms. The molecular weight excluding hydrogens is 356 g/mol. The van der Waals surface area contributed by atoms with Crippen molar-refractivity contribution >= 4 is 23.4 Å². The Hall–Kier alpha value is -2.53. The zero-order valence-electron chi connectivity index (χ0n) is 15.4. The molecular formula is C20H21ClO5. The fourth-order valence-corrected chi connectivity index (χ4v) is 2.83. The van der Waals surface area contributed by atoms with E-state index in [4.69, 9.17) is 25.8 Å². The Balaban J connectivity index is 2.22. The first-order valence-corrected chi connectivity index (χ1v) is 8.40. The second kappa shape index (κ2) is 8.23. The lowest BCUT2D eigenvalue weighted by atomic mass is 9.99. The molecule has 0 N–H and O–H groups in total. The molecule has 0 aliphatic rings. The molecule has 138 valence electrons. The van der Waals surface area contributed by atoms with Crippen LogP contribution in [0.25, 0.3) is 0 Å². The number of hydrogen-bond acceptors (Lipinski definition) is 5. The van der Waals surface area contributed by atoms with Gasteiger partial charge in [-0.1, -0.05) is 29.3 Å². The van der Waals surface area contributed by atoms with Crippen molar-refractivity contribution in [2.24, 2.45) is 0 Å². The first-order chi connectivity index (χ1) is 12.3. The van der Waals surface area contributed by atoms with Gasteiger partial charge in [0.1, 0.15) is 0 Å². The summed E-state index contributed by atoms with van der Waals surface area (Å²) in [6.45, 7) is 5.29. The highest BCUT2D eigenvalue weighted by atomic mass is 35.5. The Labute approximate surface area is 157 Å². The van der Waals surface area contributed by atoms with Crippen molar-refractivity contribution in [2.75, 3.05) is 14.2 Å². The molecule has 26 heavy (non-hydrogen) atoms. The molecule has 2 aromatic carbocycles. The number of benzene rings is 2. The van der Waals surface area contributed by atoms with E-state index in [0.717, 1.165) is 11.1 Å². The number of halogens is 1. The lowest BCUT2D eigenvalue weighted by molar-refractivity contribution is 0.0318. The molecule has 0 radical (unpaired) electrons. The van der Waals surface area contributed by atoms with Crippen molar-refractivity contribution in [2.45, 2.75) is 26.9 Å². The summed E-state index contributed by atoms with van der Waals surface area (Å²) in [5.41, 5.74) is 2.51. The summed E-state index contributed by atoms with van der Waals surface area (Å²) in [6, 6.07) is 8.46. The number of carbonyl (C=O) groups excluding carboxylic acids is 2. The van der Waals surface area contributed by atoms with Gasteiger partial charge in [-0.15, -0.1) is 0 Å². The highest BCUT2D eigenvalue weighted by molar-refractivity contribution is 6.32. The molecule has 0 aliphatic carbocycles. The van der Waals surface area contributed by atoms with E-state index in [2.05, 4.69) is 0 Å². The van der Waals surface area contributed by atoms with Crippen LogP contribution in [0, 0.1) is 13.8 Å². The van der Waals surface area contributed by atoms with E-state index in [1.54, 1.807) is 13.0 Å². The van der Waals surface area contributed by atoms with E-state index in [1.165, 1.54) is 26.4 Å². The maximum absolute atomic E-state index is 12.6. The fourth-order valence-electron chi connectivity index (χ4n) is 2.54. The van der Waals surface area contributed by atoms with Gasteiger partial charge in [-0.3, -0.25) is 4.79 Å². The maximum Gasteiger partial charge on any atom is 0.339 e. The average molecular weight is 377 g/mol. The first kappa shape index (κ1) is 19.8. The third-order valence-corrected chi connectivity index (χ3v) is 4.26. The second-order valence-corrected chi connectivity index (χ2v) is 6.33. The third kappa shape index (κ3) is 4.17. The predicted octanol–water partition coefficient (Wildman–Crippen LogP) is 4.40. The standard InChI is InChI=1S/C20H21ClO5/c1-11-6-7-12(2)15(8-11)18(22)13(3)26-20(23)14-9-16(21)19(25-5)17(10-14)24-4/h6-10,13H,1-5H3/t13-/m1/s1. The number of carbonyl (C=O) groups is 2. The molecule has 0 fully saturated rings. The van der Waals surface area contributed by atoms with Gasteiger partial charge in [-0.05, 0) is 44.5 Å². The normalized spacial score (nSPS) is 11.6. The van der Waals surface area contributed by atoms with Gasteiger partial charge in [0.25, 0.3) is 0 Å². The number of methoxy groups -OCH3 is 2. The van der Waals surface area contributed by atoms with Crippen LogP contribution in [0.15, 0.2) is 30.3 Å². The monoisotopic (exact) mass is 376 g/mol. The lowest BCUT2D eigenvalue weighted by Crippen LogP contribution is -2.25. The van der Waals surface area contributed by atoms with Gasteiger partial charge in [0.05, 0.1) is 24.8 Å². The lowest BCUT2D eigenvalue weighted by Gasteiger charge is -2.15. The van der Waals surface area contributed by atoms with Gasteiger partial charge in [-0.2, -0.15) is 0 Å². The number of ether oxygens (including phenoxy) is 3. The number of Topliss-reactive ketones (excluding diaryl/α,β-unsaturated/α-hetero) is 1. The maximum atomic E-state index is 12.6. The molecule has 6 heteroatoms. The summed E-state index contributed by atoms with van der Waals surface area (Å²) in [5.74, 6) is -0.296. The Morgan fingerprint density at radius 3 is 2.35 bits per heavy atom. The van der Waals surface area contributed by atoms with Gasteiger partial charge in [-0.25, -0.2) is 4.79 Å². The summed E-state index contributed by atoms with van der Waals surface area (Å²) < 4.78 is 15.6. The summed E-state index contributed by atoms with van der Waals surface area (Å²) in [7, 11) is 2.89. The summed E-state index contributed by atoms with van der Waals surface area (Å²) in [6.07, 6.45) is -0.935. The van der Waals surface area contributed by atoms with Gasteiger partial charge in [0.15, 0.2) is 17.6 Å². The number of ketones is 1. The minimum atomic E-state index is -0.935. The molecule has 0 unspecified atom stereocenters. The Morgan fingerprint density at radius 2 is 1.73 bits per heavy atom. The van der Waals surface area contributed by atoms with Crippen LogP contribution in [0.4, 0.5) is 0 Å². The molecule has 0 aromatic heterocycles. The van der Waals surface area contributed by atoms with Crippen LogP contribution in [-0.4, -0.2) is 32.1 Å². The van der Waals surface area contributed by atoms with Crippen LogP contribution < -0.4 is 9.47 Å². The average Bonchev–Trinajstić information content (AvgIpc) is 2.62. The van der Waals surface area contributed by atoms with Crippen LogP contribution in [-0.2, 0) is 4.74 Å². The van der Waals surface area contributed by atoms with Gasteiger partial charge in [0, 0.05) is 5.56 Å². The second-order valence-electron chi connectivity index (χ2n) is 5.92. The molecule has 0 bridgehead atoms. The predicted molar refractivity (Wildman–Crippen MR) is 99.7 cm³/mol. The van der Waals surface area contributed by atoms with Crippen molar-refractivity contribution in [3.8, 4) is 11.5 Å². The van der Waals surface area contributed by atoms with Crippen molar-refractivity contribution in [1.29, 1.82) is 0 Å². The van der Waals surface area contributed by atoms with Gasteiger partial charge in [0.2, 0.25) is 5.78 Å². The highest BCUT2D eigenvalue weighted by Crippen LogP contribution is 2.36. The third-order valence-electron chi connectivity index (χ3n) is 3.98. The molecule has 2 rings (SSSR count). The van der Waals surface area contributed by atoms with Crippen molar-refractivity contribution in [1.82, 2.24) is 0 Å². The van der Waals surface area contributed by atoms with E-state index < -0.39 is 12.1 Å². The molecule has 5 nitrogen and oxygen atoms in total. The minimum absolute atomic E-state index is 0.174. The van der Waals surface area contributed by atoms with Crippen LogP contribution in [0.5, 0.6) is 11.5 Å². The summed E-state index contributed by atoms with van der Waals surface area (Å²) in [4.78, 5) is 25.1. The summed E-state index contributed by atoms with van der Waals surface area (Å²) >= 11 is 6.11. The largest absolute Gasteiger partial charge is 0.493 e. The van der Waals surface area contributed by atoms with Crippen molar-refractivity contribution in [3.05, 3.63) is 57.6 Å². The Morgan fingerprint density at radius 1 is 1.04 bits per heavy atom. The zero-order chi connectivity index (χ0) is 19.4. The molecule has 1 atom stereocenters. The van der Waals surface area contributed by atoms with E-state index in [0.29, 0.717) is 17.1 Å². The molecule has 0 saturated heterocycles. The number of rotatable bonds is 6. The van der Waals surface area contributed by atoms with Gasteiger partial charge < -0.3 is 14.2 Å². The van der Waals surface area contributed by atoms with Crippen LogP contribution in [0.1, 0.15) is 38.8 Å². The first-order valence-electron chi connectivity index (χ1n) is 8.02. The molecule has 0 amide bonds. The number of esters is 1. The Bertz CT molecular complexity index is 844. The van der Waals surface area contributed by atoms with E-state index in [-0.39, 0.29) is 16.4 Å². The van der Waals surface area contributed by atoms with E-state index >= 15 is 0 Å². The van der Waals surface area contributed by atoms with Crippen molar-refractivity contribution < 1.29 is 23.8 Å². The molecule has 0 saturated carbocycles. The quantitative estimate of drug-likeness (QED) is 0.552. The van der Waals surface area contributed by atoms with E-state index in [9.17, 15) is 9.59 Å². The summed E-state index contributed by atoms with van der Waals surface area (Å²) in [5, 5.41) is 0.215.